The first kappa shape index (κ1) is 9.89. The van der Waals surface area contributed by atoms with E-state index in [2.05, 4.69) is 0 Å². The van der Waals surface area contributed by atoms with Crippen LogP contribution in [-0.4, -0.2) is 10.2 Å². The average molecular weight is 206 g/mol. The van der Waals surface area contributed by atoms with Gasteiger partial charge in [-0.25, -0.2) is 4.79 Å². The van der Waals surface area contributed by atoms with E-state index >= 15 is 0 Å². The molecule has 0 aliphatic rings. The second kappa shape index (κ2) is 3.84. The first-order valence-electron chi connectivity index (χ1n) is 4.52. The molecule has 2 aromatic rings. The number of aliphatic hydroxyl groups is 2. The standard InChI is InChI=1S/C11H10O4/c12-5-8-3-7-1-2-11(14)15-10(7)4-9(8)6-13/h1-4,12-13H,5-6H2. The van der Waals surface area contributed by atoms with Crippen molar-refractivity contribution in [3.8, 4) is 0 Å². The van der Waals surface area contributed by atoms with Gasteiger partial charge >= 0.3 is 5.63 Å². The molecule has 1 aromatic heterocycles. The highest BCUT2D eigenvalue weighted by Gasteiger charge is 2.05. The molecule has 2 rings (SSSR count). The lowest BCUT2D eigenvalue weighted by Crippen LogP contribution is -1.98. The lowest BCUT2D eigenvalue weighted by molar-refractivity contribution is 0.260. The summed E-state index contributed by atoms with van der Waals surface area (Å²) >= 11 is 0. The molecule has 0 aliphatic carbocycles. The number of hydrogen-bond acceptors (Lipinski definition) is 4. The summed E-state index contributed by atoms with van der Waals surface area (Å²) in [4.78, 5) is 11.0. The minimum absolute atomic E-state index is 0.148. The molecular formula is C11H10O4. The van der Waals surface area contributed by atoms with E-state index in [1.54, 1.807) is 18.2 Å². The number of fused-ring (bicyclic) bond motifs is 1. The minimum Gasteiger partial charge on any atom is -0.423 e. The highest BCUT2D eigenvalue weighted by atomic mass is 16.4. The van der Waals surface area contributed by atoms with Gasteiger partial charge in [0.05, 0.1) is 13.2 Å². The van der Waals surface area contributed by atoms with Crippen LogP contribution >= 0.6 is 0 Å². The fraction of sp³-hybridized carbons (Fsp3) is 0.182. The van der Waals surface area contributed by atoms with Crippen LogP contribution in [0, 0.1) is 0 Å². The zero-order chi connectivity index (χ0) is 10.8. The molecule has 1 heterocycles. The fourth-order valence-corrected chi connectivity index (χ4v) is 1.50. The Morgan fingerprint density at radius 1 is 1.07 bits per heavy atom. The van der Waals surface area contributed by atoms with Crippen LogP contribution in [0.25, 0.3) is 11.0 Å². The zero-order valence-electron chi connectivity index (χ0n) is 7.93. The van der Waals surface area contributed by atoms with Crippen molar-refractivity contribution >= 4 is 11.0 Å². The maximum atomic E-state index is 11.0. The Kier molecular flexibility index (Phi) is 2.53. The number of benzene rings is 1. The van der Waals surface area contributed by atoms with E-state index in [1.165, 1.54) is 6.07 Å². The molecule has 0 radical (unpaired) electrons. The van der Waals surface area contributed by atoms with E-state index in [0.29, 0.717) is 16.7 Å². The van der Waals surface area contributed by atoms with Gasteiger partial charge < -0.3 is 14.6 Å². The largest absolute Gasteiger partial charge is 0.423 e. The SMILES string of the molecule is O=c1ccc2cc(CO)c(CO)cc2o1. The van der Waals surface area contributed by atoms with E-state index in [4.69, 9.17) is 14.6 Å². The Balaban J connectivity index is 2.75. The minimum atomic E-state index is -0.428. The van der Waals surface area contributed by atoms with Gasteiger partial charge in [0.2, 0.25) is 0 Å². The Bertz CT molecular complexity index is 542. The topological polar surface area (TPSA) is 70.7 Å². The first-order chi connectivity index (χ1) is 7.24. The molecule has 4 nitrogen and oxygen atoms in total. The van der Waals surface area contributed by atoms with Crippen molar-refractivity contribution in [3.05, 3.63) is 45.8 Å². The maximum Gasteiger partial charge on any atom is 0.336 e. The smallest absolute Gasteiger partial charge is 0.336 e. The van der Waals surface area contributed by atoms with Gasteiger partial charge in [-0.2, -0.15) is 0 Å². The second-order valence-electron chi connectivity index (χ2n) is 3.23. The van der Waals surface area contributed by atoms with Crippen molar-refractivity contribution in [3.63, 3.8) is 0 Å². The number of hydrogen-bond donors (Lipinski definition) is 2. The van der Waals surface area contributed by atoms with Crippen LogP contribution in [0.2, 0.25) is 0 Å². The van der Waals surface area contributed by atoms with Crippen molar-refractivity contribution in [2.24, 2.45) is 0 Å². The van der Waals surface area contributed by atoms with Crippen molar-refractivity contribution in [2.75, 3.05) is 0 Å². The van der Waals surface area contributed by atoms with Gasteiger partial charge in [-0.3, -0.25) is 0 Å². The van der Waals surface area contributed by atoms with Gasteiger partial charge in [-0.1, -0.05) is 0 Å². The fourth-order valence-electron chi connectivity index (χ4n) is 1.50. The molecule has 0 aliphatic heterocycles. The van der Waals surface area contributed by atoms with Gasteiger partial charge in [0.25, 0.3) is 0 Å². The molecule has 0 saturated heterocycles. The average Bonchev–Trinajstić information content (AvgIpc) is 2.27. The molecule has 4 heteroatoms. The maximum absolute atomic E-state index is 11.0. The molecule has 2 N–H and O–H groups in total. The van der Waals surface area contributed by atoms with Gasteiger partial charge in [-0.05, 0) is 29.3 Å². The monoisotopic (exact) mass is 206 g/mol. The molecule has 0 saturated carbocycles. The molecule has 0 spiro atoms. The van der Waals surface area contributed by atoms with Crippen molar-refractivity contribution in [1.82, 2.24) is 0 Å². The predicted octanol–water partition coefficient (Wildman–Crippen LogP) is 0.778. The lowest BCUT2D eigenvalue weighted by atomic mass is 10.1. The van der Waals surface area contributed by atoms with E-state index in [-0.39, 0.29) is 13.2 Å². The molecule has 15 heavy (non-hydrogen) atoms. The molecule has 0 bridgehead atoms. The van der Waals surface area contributed by atoms with Crippen molar-refractivity contribution < 1.29 is 14.6 Å². The molecular weight excluding hydrogens is 196 g/mol. The Hall–Kier alpha value is -1.65. The van der Waals surface area contributed by atoms with Crippen LogP contribution in [0.1, 0.15) is 11.1 Å². The third-order valence-electron chi connectivity index (χ3n) is 2.28. The second-order valence-corrected chi connectivity index (χ2v) is 3.23. The third-order valence-corrected chi connectivity index (χ3v) is 2.28. The summed E-state index contributed by atoms with van der Waals surface area (Å²) in [5.74, 6) is 0. The molecule has 1 aromatic carbocycles. The van der Waals surface area contributed by atoms with Crippen LogP contribution in [0.5, 0.6) is 0 Å². The molecule has 78 valence electrons. The summed E-state index contributed by atoms with van der Waals surface area (Å²) < 4.78 is 4.96. The first-order valence-corrected chi connectivity index (χ1v) is 4.52. The van der Waals surface area contributed by atoms with E-state index in [9.17, 15) is 4.79 Å². The summed E-state index contributed by atoms with van der Waals surface area (Å²) in [5.41, 5.74) is 1.20. The Labute approximate surface area is 85.4 Å². The lowest BCUT2D eigenvalue weighted by Gasteiger charge is -2.05. The molecule has 0 amide bonds. The van der Waals surface area contributed by atoms with Crippen LogP contribution in [0.4, 0.5) is 0 Å². The summed E-state index contributed by atoms with van der Waals surface area (Å²) in [6.07, 6.45) is 0. The number of rotatable bonds is 2. The molecule has 0 atom stereocenters. The predicted molar refractivity (Wildman–Crippen MR) is 54.3 cm³/mol. The van der Waals surface area contributed by atoms with E-state index in [1.807, 2.05) is 0 Å². The highest BCUT2D eigenvalue weighted by molar-refractivity contribution is 5.78. The van der Waals surface area contributed by atoms with Gasteiger partial charge in [-0.15, -0.1) is 0 Å². The summed E-state index contributed by atoms with van der Waals surface area (Å²) in [6.45, 7) is -0.338. The summed E-state index contributed by atoms with van der Waals surface area (Å²) in [5, 5.41) is 18.8. The van der Waals surface area contributed by atoms with Crippen LogP contribution in [0.15, 0.2) is 33.5 Å². The normalized spacial score (nSPS) is 10.8. The quantitative estimate of drug-likeness (QED) is 0.712. The van der Waals surface area contributed by atoms with Gasteiger partial charge in [0, 0.05) is 11.5 Å². The Morgan fingerprint density at radius 3 is 2.40 bits per heavy atom. The Morgan fingerprint density at radius 2 is 1.73 bits per heavy atom. The third kappa shape index (κ3) is 1.77. The summed E-state index contributed by atoms with van der Waals surface area (Å²) in [7, 11) is 0. The van der Waals surface area contributed by atoms with E-state index < -0.39 is 5.63 Å². The van der Waals surface area contributed by atoms with Crippen LogP contribution < -0.4 is 5.63 Å². The zero-order valence-corrected chi connectivity index (χ0v) is 7.93. The number of aliphatic hydroxyl groups excluding tert-OH is 2. The van der Waals surface area contributed by atoms with Crippen LogP contribution in [-0.2, 0) is 13.2 Å². The summed E-state index contributed by atoms with van der Waals surface area (Å²) in [6, 6.07) is 6.22. The molecule has 0 unspecified atom stereocenters. The molecule has 0 fully saturated rings. The van der Waals surface area contributed by atoms with Gasteiger partial charge in [0.1, 0.15) is 5.58 Å². The van der Waals surface area contributed by atoms with E-state index in [0.717, 1.165) is 5.39 Å². The highest BCUT2D eigenvalue weighted by Crippen LogP contribution is 2.19. The van der Waals surface area contributed by atoms with Crippen LogP contribution in [0.3, 0.4) is 0 Å². The van der Waals surface area contributed by atoms with Crippen molar-refractivity contribution in [2.45, 2.75) is 13.2 Å². The van der Waals surface area contributed by atoms with Crippen molar-refractivity contribution in [1.29, 1.82) is 0 Å². The van der Waals surface area contributed by atoms with Gasteiger partial charge in [0.15, 0.2) is 0 Å².